The summed E-state index contributed by atoms with van der Waals surface area (Å²) in [4.78, 5) is 6.53. The first-order valence-electron chi connectivity index (χ1n) is 8.64. The minimum absolute atomic E-state index is 0.0197. The summed E-state index contributed by atoms with van der Waals surface area (Å²) in [5.41, 5.74) is -1.20. The molecule has 0 spiro atoms. The first-order chi connectivity index (χ1) is 13.6. The van der Waals surface area contributed by atoms with E-state index in [1.807, 2.05) is 27.7 Å². The van der Waals surface area contributed by atoms with E-state index < -0.39 is 23.0 Å². The van der Waals surface area contributed by atoms with E-state index >= 15 is 0 Å². The molecule has 1 aliphatic heterocycles. The molecule has 13 heteroatoms. The third-order valence-electron chi connectivity index (χ3n) is 3.84. The number of halogens is 5. The SMILES string of the molecule is [C-]#[N+]C(C)(C)C(O)CCO.[C-]#[N+]C(C)(C)C1CCOC(C)(C)O1.[I][V]([I])[I].[I][V][I]. The van der Waals surface area contributed by atoms with Crippen LogP contribution in [-0.2, 0) is 23.9 Å². The average molecular weight is 1060 g/mol. The molecule has 2 unspecified atom stereocenters. The number of hydrogen-bond acceptors (Lipinski definition) is 4. The third-order valence-corrected chi connectivity index (χ3v) is 3.84. The Kier molecular flexibility index (Phi) is 26.5. The molecule has 1 rings (SSSR count). The van der Waals surface area contributed by atoms with Crippen LogP contribution in [0.3, 0.4) is 0 Å². The Bertz CT molecular complexity index is 527. The van der Waals surface area contributed by atoms with Crippen molar-refractivity contribution in [1.29, 1.82) is 0 Å². The van der Waals surface area contributed by atoms with E-state index in [-0.39, 0.29) is 24.1 Å². The summed E-state index contributed by atoms with van der Waals surface area (Å²) >= 11 is 12.1. The van der Waals surface area contributed by atoms with Crippen LogP contribution < -0.4 is 0 Å². The first-order valence-corrected chi connectivity index (χ1v) is 31.2. The van der Waals surface area contributed by atoms with Crippen molar-refractivity contribution in [3.05, 3.63) is 22.8 Å². The van der Waals surface area contributed by atoms with Crippen LogP contribution in [0.4, 0.5) is 0 Å². The first kappa shape index (κ1) is 38.2. The molecule has 1 fully saturated rings. The number of aliphatic hydroxyl groups is 2. The van der Waals surface area contributed by atoms with Crippen LogP contribution in [0.25, 0.3) is 9.69 Å². The molecule has 30 heavy (non-hydrogen) atoms. The van der Waals surface area contributed by atoms with Gasteiger partial charge < -0.3 is 29.4 Å². The summed E-state index contributed by atoms with van der Waals surface area (Å²) in [5.74, 6) is -0.537. The van der Waals surface area contributed by atoms with Gasteiger partial charge in [-0.3, -0.25) is 0 Å². The van der Waals surface area contributed by atoms with Crippen molar-refractivity contribution in [3.63, 3.8) is 0 Å². The van der Waals surface area contributed by atoms with E-state index in [1.54, 1.807) is 13.8 Å². The van der Waals surface area contributed by atoms with Gasteiger partial charge in [-0.25, -0.2) is 13.1 Å². The Morgan fingerprint density at radius 1 is 1.17 bits per heavy atom. The molecule has 0 bridgehead atoms. The second-order valence-electron chi connectivity index (χ2n) is 7.46. The molecule has 1 heterocycles. The summed E-state index contributed by atoms with van der Waals surface area (Å²) in [6, 6.07) is 0. The molecule has 0 saturated carbocycles. The van der Waals surface area contributed by atoms with Gasteiger partial charge in [0.1, 0.15) is 12.2 Å². The van der Waals surface area contributed by atoms with Crippen molar-refractivity contribution in [2.24, 2.45) is 0 Å². The molecule has 6 nitrogen and oxygen atoms in total. The van der Waals surface area contributed by atoms with E-state index in [4.69, 9.17) is 27.7 Å². The van der Waals surface area contributed by atoms with Crippen molar-refractivity contribution in [3.8, 4) is 0 Å². The molecule has 0 aliphatic carbocycles. The molecule has 0 aromatic heterocycles. The summed E-state index contributed by atoms with van der Waals surface area (Å²) in [6.45, 7) is 25.3. The van der Waals surface area contributed by atoms with Gasteiger partial charge in [-0.05, 0) is 13.8 Å². The van der Waals surface area contributed by atoms with Crippen LogP contribution >= 0.6 is 99.9 Å². The summed E-state index contributed by atoms with van der Waals surface area (Å²) in [7, 11) is 0.628. The van der Waals surface area contributed by atoms with Crippen LogP contribution in [0, 0.1) is 13.1 Å². The molecular formula is C17H30I5N2O4V2. The topological polar surface area (TPSA) is 67.6 Å². The number of ether oxygens (including phenoxy) is 2. The molecule has 2 N–H and O–H groups in total. The Morgan fingerprint density at radius 3 is 1.90 bits per heavy atom. The summed E-state index contributed by atoms with van der Waals surface area (Å²) < 4.78 is 11.1. The monoisotopic (exact) mass is 1060 g/mol. The van der Waals surface area contributed by atoms with Gasteiger partial charge in [-0.15, -0.1) is 0 Å². The zero-order chi connectivity index (χ0) is 24.6. The van der Waals surface area contributed by atoms with Gasteiger partial charge in [0.2, 0.25) is 0 Å². The normalized spacial score (nSPS) is 18.6. The molecule has 2 atom stereocenters. The average Bonchev–Trinajstić information content (AvgIpc) is 2.62. The summed E-state index contributed by atoms with van der Waals surface area (Å²) in [5, 5.41) is 17.6. The Morgan fingerprint density at radius 2 is 1.60 bits per heavy atom. The number of aliphatic hydroxyl groups excluding tert-OH is 2. The van der Waals surface area contributed by atoms with E-state index in [2.05, 4.69) is 110 Å². The van der Waals surface area contributed by atoms with Crippen LogP contribution in [-0.4, -0.2) is 52.5 Å². The number of rotatable bonds is 4. The zero-order valence-electron chi connectivity index (χ0n) is 17.9. The van der Waals surface area contributed by atoms with Crippen molar-refractivity contribution < 1.29 is 34.1 Å². The Hall–Kier alpha value is 3.64. The minimum atomic E-state index is -0.761. The standard InChI is InChI=1S/C10H17NO2.C7H13NO2.5HI.2V/c1-9(2,11-5)8-6-7-12-10(3,4)13-8;1-7(2,8-3)6(10)4-5-9;;;;;;;/h8H,6-7H2,1-4H3;6,9-10H,4-5H2,1-2H3;5*1H;;/q;;;;;;;+2;+3/p-5. The van der Waals surface area contributed by atoms with Crippen molar-refractivity contribution in [2.75, 3.05) is 13.2 Å². The fourth-order valence-electron chi connectivity index (χ4n) is 1.97. The van der Waals surface area contributed by atoms with Crippen molar-refractivity contribution >= 4 is 99.9 Å². The Balaban J connectivity index is -0.000000379. The fraction of sp³-hybridized carbons (Fsp3) is 0.882. The van der Waals surface area contributed by atoms with Crippen LogP contribution in [0.2, 0.25) is 0 Å². The maximum atomic E-state index is 9.20. The van der Waals surface area contributed by atoms with Gasteiger partial charge in [-0.2, -0.15) is 0 Å². The molecule has 1 saturated heterocycles. The number of nitrogens with zero attached hydrogens (tertiary/aromatic N) is 2. The van der Waals surface area contributed by atoms with Crippen molar-refractivity contribution in [1.82, 2.24) is 0 Å². The van der Waals surface area contributed by atoms with Gasteiger partial charge >= 0.3 is 114 Å². The second kappa shape index (κ2) is 20.8. The zero-order valence-corrected chi connectivity index (χ0v) is 31.5. The van der Waals surface area contributed by atoms with Gasteiger partial charge in [0.25, 0.3) is 11.1 Å². The van der Waals surface area contributed by atoms with Gasteiger partial charge in [0.05, 0.1) is 6.61 Å². The molecule has 0 aromatic carbocycles. The van der Waals surface area contributed by atoms with E-state index in [1.165, 1.54) is 0 Å². The predicted octanol–water partition coefficient (Wildman–Crippen LogP) is 7.08. The maximum absolute atomic E-state index is 9.20. The van der Waals surface area contributed by atoms with Gasteiger partial charge in [-0.1, -0.05) is 0 Å². The molecule has 0 amide bonds. The van der Waals surface area contributed by atoms with Gasteiger partial charge in [0, 0.05) is 47.1 Å². The number of hydrogen-bond donors (Lipinski definition) is 2. The van der Waals surface area contributed by atoms with Crippen LogP contribution in [0.15, 0.2) is 0 Å². The van der Waals surface area contributed by atoms with Gasteiger partial charge in [0.15, 0.2) is 5.79 Å². The third kappa shape index (κ3) is 22.1. The van der Waals surface area contributed by atoms with E-state index in [9.17, 15) is 5.11 Å². The molecule has 1 aliphatic rings. The summed E-state index contributed by atoms with van der Waals surface area (Å²) in [6.07, 6.45) is 0.331. The molecule has 0 radical (unpaired) electrons. The quantitative estimate of drug-likeness (QED) is 0.234. The second-order valence-corrected chi connectivity index (χ2v) is 54.6. The fourth-order valence-corrected chi connectivity index (χ4v) is 1.97. The molecular weight excluding hydrogens is 1030 g/mol. The van der Waals surface area contributed by atoms with Crippen LogP contribution in [0.1, 0.15) is 54.4 Å². The van der Waals surface area contributed by atoms with Crippen LogP contribution in [0.5, 0.6) is 0 Å². The molecule has 0 aromatic rings. The predicted molar refractivity (Wildman–Crippen MR) is 159 cm³/mol. The van der Waals surface area contributed by atoms with E-state index in [0.717, 1.165) is 6.42 Å². The molecule has 177 valence electrons. The van der Waals surface area contributed by atoms with Crippen molar-refractivity contribution in [2.45, 2.75) is 83.5 Å². The van der Waals surface area contributed by atoms with E-state index in [0.29, 0.717) is 16.1 Å². The Labute approximate surface area is 249 Å².